The molecule has 1 aliphatic carbocycles. The van der Waals surface area contributed by atoms with E-state index in [4.69, 9.17) is 0 Å². The van der Waals surface area contributed by atoms with Crippen molar-refractivity contribution in [2.75, 3.05) is 13.1 Å². The number of likely N-dealkylation sites (tertiary alicyclic amines) is 1. The van der Waals surface area contributed by atoms with Crippen molar-refractivity contribution in [1.82, 2.24) is 35.2 Å². The Bertz CT molecular complexity index is 764. The number of nitrogens with one attached hydrogen (secondary N) is 1. The third kappa shape index (κ3) is 3.49. The molecular weight excluding hydrogens is 322 g/mol. The van der Waals surface area contributed by atoms with Crippen LogP contribution in [0.25, 0.3) is 0 Å². The average molecular weight is 341 g/mol. The van der Waals surface area contributed by atoms with Crippen LogP contribution in [-0.2, 0) is 0 Å². The molecule has 2 aliphatic rings. The molecule has 0 aromatic carbocycles. The minimum Gasteiger partial charge on any atom is -0.348 e. The Morgan fingerprint density at radius 1 is 1.08 bits per heavy atom. The van der Waals surface area contributed by atoms with Crippen LogP contribution < -0.4 is 5.32 Å². The molecule has 0 bridgehead atoms. The van der Waals surface area contributed by atoms with Gasteiger partial charge in [0.25, 0.3) is 11.8 Å². The number of nitrogens with zero attached hydrogens (tertiary/aromatic N) is 6. The van der Waals surface area contributed by atoms with Gasteiger partial charge in [-0.25, -0.2) is 9.67 Å². The summed E-state index contributed by atoms with van der Waals surface area (Å²) in [4.78, 5) is 34.1. The monoisotopic (exact) mass is 341 g/mol. The van der Waals surface area contributed by atoms with Crippen molar-refractivity contribution in [1.29, 1.82) is 0 Å². The summed E-state index contributed by atoms with van der Waals surface area (Å²) in [6.45, 7) is 1.23. The van der Waals surface area contributed by atoms with Crippen molar-refractivity contribution < 1.29 is 9.59 Å². The minimum atomic E-state index is -0.163. The zero-order valence-corrected chi connectivity index (χ0v) is 13.7. The fourth-order valence-corrected chi connectivity index (χ4v) is 2.95. The SMILES string of the molecule is O=C(NC1CC1)c1cn(C2CCN(C(=O)c3cnccn3)CC2)nn1. The maximum atomic E-state index is 12.4. The zero-order chi connectivity index (χ0) is 17.2. The van der Waals surface area contributed by atoms with E-state index in [-0.39, 0.29) is 17.9 Å². The van der Waals surface area contributed by atoms with Gasteiger partial charge in [-0.15, -0.1) is 5.10 Å². The van der Waals surface area contributed by atoms with E-state index in [1.54, 1.807) is 22.0 Å². The number of rotatable bonds is 4. The molecule has 1 N–H and O–H groups in total. The van der Waals surface area contributed by atoms with Gasteiger partial charge in [0.1, 0.15) is 5.69 Å². The van der Waals surface area contributed by atoms with E-state index in [0.29, 0.717) is 30.5 Å². The van der Waals surface area contributed by atoms with Crippen molar-refractivity contribution in [2.24, 2.45) is 0 Å². The quantitative estimate of drug-likeness (QED) is 0.865. The van der Waals surface area contributed by atoms with Crippen molar-refractivity contribution in [3.8, 4) is 0 Å². The normalized spacial score (nSPS) is 18.2. The number of carbonyl (C=O) groups is 2. The molecule has 2 aromatic heterocycles. The molecule has 9 nitrogen and oxygen atoms in total. The lowest BCUT2D eigenvalue weighted by Gasteiger charge is -2.31. The van der Waals surface area contributed by atoms with Crippen LogP contribution in [0.15, 0.2) is 24.8 Å². The molecule has 4 rings (SSSR count). The Balaban J connectivity index is 1.35. The van der Waals surface area contributed by atoms with Gasteiger partial charge in [0.2, 0.25) is 0 Å². The van der Waals surface area contributed by atoms with Gasteiger partial charge in [0.05, 0.1) is 18.4 Å². The molecule has 2 amide bonds. The van der Waals surface area contributed by atoms with E-state index in [2.05, 4.69) is 25.6 Å². The molecule has 2 fully saturated rings. The predicted octanol–water partition coefficient (Wildman–Crippen LogP) is 0.438. The van der Waals surface area contributed by atoms with Gasteiger partial charge in [0.15, 0.2) is 5.69 Å². The van der Waals surface area contributed by atoms with Crippen LogP contribution in [0.4, 0.5) is 0 Å². The summed E-state index contributed by atoms with van der Waals surface area (Å²) in [5, 5.41) is 11.0. The summed E-state index contributed by atoms with van der Waals surface area (Å²) in [6, 6.07) is 0.439. The summed E-state index contributed by atoms with van der Waals surface area (Å²) in [6.07, 6.45) is 9.85. The van der Waals surface area contributed by atoms with E-state index >= 15 is 0 Å². The number of piperidine rings is 1. The summed E-state index contributed by atoms with van der Waals surface area (Å²) in [5.74, 6) is -0.265. The number of aromatic nitrogens is 5. The lowest BCUT2D eigenvalue weighted by Crippen LogP contribution is -2.39. The van der Waals surface area contributed by atoms with Gasteiger partial charge in [-0.2, -0.15) is 0 Å². The molecule has 9 heteroatoms. The number of amides is 2. The molecule has 3 heterocycles. The highest BCUT2D eigenvalue weighted by atomic mass is 16.2. The smallest absolute Gasteiger partial charge is 0.274 e. The lowest BCUT2D eigenvalue weighted by atomic mass is 10.0. The second kappa shape index (κ2) is 6.58. The van der Waals surface area contributed by atoms with Gasteiger partial charge >= 0.3 is 0 Å². The van der Waals surface area contributed by atoms with Crippen LogP contribution in [0.2, 0.25) is 0 Å². The van der Waals surface area contributed by atoms with E-state index in [1.165, 1.54) is 12.4 Å². The average Bonchev–Trinajstić information content (AvgIpc) is 3.33. The Kier molecular flexibility index (Phi) is 4.12. The fourth-order valence-electron chi connectivity index (χ4n) is 2.95. The Labute approximate surface area is 144 Å². The largest absolute Gasteiger partial charge is 0.348 e. The van der Waals surface area contributed by atoms with Gasteiger partial charge < -0.3 is 10.2 Å². The van der Waals surface area contributed by atoms with E-state index in [1.807, 2.05) is 0 Å². The number of hydrogen-bond donors (Lipinski definition) is 1. The second-order valence-corrected chi connectivity index (χ2v) is 6.45. The summed E-state index contributed by atoms with van der Waals surface area (Å²) in [7, 11) is 0. The highest BCUT2D eigenvalue weighted by Crippen LogP contribution is 2.23. The molecule has 0 spiro atoms. The summed E-state index contributed by atoms with van der Waals surface area (Å²) in [5.41, 5.74) is 0.714. The highest BCUT2D eigenvalue weighted by molar-refractivity contribution is 5.92. The lowest BCUT2D eigenvalue weighted by molar-refractivity contribution is 0.0682. The molecule has 1 saturated carbocycles. The van der Waals surface area contributed by atoms with Crippen LogP contribution in [0.5, 0.6) is 0 Å². The fraction of sp³-hybridized carbons (Fsp3) is 0.500. The Morgan fingerprint density at radius 3 is 2.56 bits per heavy atom. The van der Waals surface area contributed by atoms with Crippen molar-refractivity contribution >= 4 is 11.8 Å². The number of carbonyl (C=O) groups excluding carboxylic acids is 2. The third-order valence-corrected chi connectivity index (χ3v) is 4.56. The van der Waals surface area contributed by atoms with Gasteiger partial charge in [0, 0.05) is 31.5 Å². The molecule has 2 aromatic rings. The molecule has 1 aliphatic heterocycles. The van der Waals surface area contributed by atoms with Crippen LogP contribution in [0.1, 0.15) is 52.7 Å². The first-order chi connectivity index (χ1) is 12.2. The Hall–Kier alpha value is -2.84. The molecular formula is C16H19N7O2. The summed E-state index contributed by atoms with van der Waals surface area (Å²) < 4.78 is 1.74. The van der Waals surface area contributed by atoms with E-state index in [0.717, 1.165) is 25.7 Å². The summed E-state index contributed by atoms with van der Waals surface area (Å²) >= 11 is 0. The second-order valence-electron chi connectivity index (χ2n) is 6.45. The maximum Gasteiger partial charge on any atom is 0.274 e. The van der Waals surface area contributed by atoms with E-state index < -0.39 is 0 Å². The first-order valence-corrected chi connectivity index (χ1v) is 8.48. The standard InChI is InChI=1S/C16H19N7O2/c24-15(19-11-1-2-11)14-10-23(21-20-14)12-3-7-22(8-4-12)16(25)13-9-17-5-6-18-13/h5-6,9-12H,1-4,7-8H2,(H,19,24). The Morgan fingerprint density at radius 2 is 1.88 bits per heavy atom. The van der Waals surface area contributed by atoms with Crippen molar-refractivity contribution in [2.45, 2.75) is 37.8 Å². The van der Waals surface area contributed by atoms with Gasteiger partial charge in [-0.05, 0) is 25.7 Å². The molecule has 130 valence electrons. The predicted molar refractivity (Wildman–Crippen MR) is 86.7 cm³/mol. The zero-order valence-electron chi connectivity index (χ0n) is 13.7. The highest BCUT2D eigenvalue weighted by Gasteiger charge is 2.28. The first kappa shape index (κ1) is 15.7. The minimum absolute atomic E-state index is 0.102. The first-order valence-electron chi connectivity index (χ1n) is 8.48. The molecule has 25 heavy (non-hydrogen) atoms. The van der Waals surface area contributed by atoms with Crippen LogP contribution in [0.3, 0.4) is 0 Å². The van der Waals surface area contributed by atoms with Crippen LogP contribution in [-0.4, -0.2) is 60.8 Å². The maximum absolute atomic E-state index is 12.4. The van der Waals surface area contributed by atoms with Crippen molar-refractivity contribution in [3.63, 3.8) is 0 Å². The topological polar surface area (TPSA) is 106 Å². The molecule has 1 saturated heterocycles. The molecule has 0 unspecified atom stereocenters. The van der Waals surface area contributed by atoms with Crippen LogP contribution >= 0.6 is 0 Å². The van der Waals surface area contributed by atoms with Crippen LogP contribution in [0, 0.1) is 0 Å². The van der Waals surface area contributed by atoms with Gasteiger partial charge in [-0.1, -0.05) is 5.21 Å². The number of hydrogen-bond acceptors (Lipinski definition) is 6. The van der Waals surface area contributed by atoms with E-state index in [9.17, 15) is 9.59 Å². The third-order valence-electron chi connectivity index (χ3n) is 4.56. The molecule has 0 atom stereocenters. The van der Waals surface area contributed by atoms with Crippen molar-refractivity contribution in [3.05, 3.63) is 36.2 Å². The molecule has 0 radical (unpaired) electrons. The van der Waals surface area contributed by atoms with Gasteiger partial charge in [-0.3, -0.25) is 14.6 Å².